The van der Waals surface area contributed by atoms with Crippen molar-refractivity contribution in [2.75, 3.05) is 35.0 Å². The average Bonchev–Trinajstić information content (AvgIpc) is 2.79. The molecule has 8 nitrogen and oxygen atoms in total. The highest BCUT2D eigenvalue weighted by atomic mass is 16.5. The molecule has 0 atom stereocenters. The fourth-order valence-corrected chi connectivity index (χ4v) is 2.80. The lowest BCUT2D eigenvalue weighted by atomic mass is 10.1. The van der Waals surface area contributed by atoms with Crippen LogP contribution in [0.25, 0.3) is 0 Å². The summed E-state index contributed by atoms with van der Waals surface area (Å²) < 4.78 is 26.8. The summed E-state index contributed by atoms with van der Waals surface area (Å²) in [5, 5.41) is 11.8. The third-order valence-corrected chi connectivity index (χ3v) is 4.31. The Balaban J connectivity index is 1.83. The van der Waals surface area contributed by atoms with Gasteiger partial charge in [-0.25, -0.2) is 0 Å². The molecule has 1 N–H and O–H groups in total. The Morgan fingerprint density at radius 2 is 1.60 bits per heavy atom. The van der Waals surface area contributed by atoms with Crippen molar-refractivity contribution in [3.8, 4) is 34.8 Å². The molecule has 160 valence electrons. The monoisotopic (exact) mass is 414 g/mol. The molecule has 0 unspecified atom stereocenters. The van der Waals surface area contributed by atoms with Crippen LogP contribution in [0.5, 0.6) is 28.7 Å². The number of methoxy groups -OCH3 is 4. The van der Waals surface area contributed by atoms with Crippen molar-refractivity contribution in [1.29, 1.82) is 5.26 Å². The summed E-state index contributed by atoms with van der Waals surface area (Å²) in [5.74, 6) is 2.50. The molecule has 0 heterocycles. The third-order valence-electron chi connectivity index (χ3n) is 4.31. The molecular formula is C22H26N2O6. The lowest BCUT2D eigenvalue weighted by molar-refractivity contribution is -0.121. The molecule has 0 aliphatic carbocycles. The highest BCUT2D eigenvalue weighted by Crippen LogP contribution is 2.38. The van der Waals surface area contributed by atoms with E-state index in [0.29, 0.717) is 60.3 Å². The average molecular weight is 414 g/mol. The van der Waals surface area contributed by atoms with Crippen LogP contribution < -0.4 is 29.0 Å². The molecule has 0 bridgehead atoms. The highest BCUT2D eigenvalue weighted by molar-refractivity contribution is 5.75. The fraction of sp³-hybridized carbons (Fsp3) is 0.364. The molecule has 30 heavy (non-hydrogen) atoms. The molecular weight excluding hydrogens is 388 g/mol. The standard InChI is InChI=1S/C22H26N2O6/c1-26-18-10-15(13-23)7-8-17(18)30-9-5-6-21(25)24-14-16-11-19(27-2)22(29-4)20(12-16)28-3/h7-8,10-12H,5-6,9,14H2,1-4H3,(H,24,25). The van der Waals surface area contributed by atoms with Crippen molar-refractivity contribution in [2.45, 2.75) is 19.4 Å². The van der Waals surface area contributed by atoms with E-state index in [1.807, 2.05) is 6.07 Å². The van der Waals surface area contributed by atoms with Gasteiger partial charge in [-0.2, -0.15) is 5.26 Å². The Bertz CT molecular complexity index is 882. The first-order valence-electron chi connectivity index (χ1n) is 9.32. The molecule has 0 saturated heterocycles. The van der Waals surface area contributed by atoms with E-state index < -0.39 is 0 Å². The van der Waals surface area contributed by atoms with E-state index in [4.69, 9.17) is 28.9 Å². The maximum absolute atomic E-state index is 12.2. The van der Waals surface area contributed by atoms with Gasteiger partial charge < -0.3 is 29.0 Å². The van der Waals surface area contributed by atoms with Crippen LogP contribution in [-0.2, 0) is 11.3 Å². The van der Waals surface area contributed by atoms with Gasteiger partial charge >= 0.3 is 0 Å². The van der Waals surface area contributed by atoms with Gasteiger partial charge in [0.15, 0.2) is 23.0 Å². The van der Waals surface area contributed by atoms with Crippen LogP contribution in [-0.4, -0.2) is 41.0 Å². The number of amides is 1. The summed E-state index contributed by atoms with van der Waals surface area (Å²) in [7, 11) is 6.14. The van der Waals surface area contributed by atoms with Crippen LogP contribution >= 0.6 is 0 Å². The minimum atomic E-state index is -0.0980. The van der Waals surface area contributed by atoms with E-state index in [0.717, 1.165) is 5.56 Å². The molecule has 2 aromatic rings. The van der Waals surface area contributed by atoms with Crippen LogP contribution in [0.2, 0.25) is 0 Å². The van der Waals surface area contributed by atoms with Crippen LogP contribution in [0.1, 0.15) is 24.0 Å². The first-order chi connectivity index (χ1) is 14.6. The molecule has 0 aromatic heterocycles. The molecule has 0 saturated carbocycles. The number of hydrogen-bond donors (Lipinski definition) is 1. The summed E-state index contributed by atoms with van der Waals surface area (Å²) in [6.45, 7) is 0.680. The second-order valence-electron chi connectivity index (χ2n) is 6.24. The third kappa shape index (κ3) is 5.95. The zero-order valence-corrected chi connectivity index (χ0v) is 17.6. The van der Waals surface area contributed by atoms with E-state index in [1.54, 1.807) is 44.6 Å². The first kappa shape index (κ1) is 22.7. The van der Waals surface area contributed by atoms with Crippen molar-refractivity contribution in [3.05, 3.63) is 41.5 Å². The zero-order valence-electron chi connectivity index (χ0n) is 17.6. The minimum Gasteiger partial charge on any atom is -0.493 e. The number of carbonyl (C=O) groups is 1. The summed E-state index contributed by atoms with van der Waals surface area (Å²) in [6, 6.07) is 10.6. The van der Waals surface area contributed by atoms with Crippen molar-refractivity contribution in [1.82, 2.24) is 5.32 Å². The maximum atomic E-state index is 12.2. The molecule has 2 aromatic carbocycles. The van der Waals surface area contributed by atoms with Gasteiger partial charge in [0.2, 0.25) is 11.7 Å². The van der Waals surface area contributed by atoms with Crippen molar-refractivity contribution < 1.29 is 28.5 Å². The second-order valence-corrected chi connectivity index (χ2v) is 6.24. The number of carbonyl (C=O) groups excluding carboxylic acids is 1. The lowest BCUT2D eigenvalue weighted by Crippen LogP contribution is -2.23. The Morgan fingerprint density at radius 1 is 0.933 bits per heavy atom. The molecule has 0 radical (unpaired) electrons. The molecule has 2 rings (SSSR count). The first-order valence-corrected chi connectivity index (χ1v) is 9.32. The van der Waals surface area contributed by atoms with Gasteiger partial charge in [0.25, 0.3) is 0 Å². The number of hydrogen-bond acceptors (Lipinski definition) is 7. The summed E-state index contributed by atoms with van der Waals surface area (Å²) in [6.07, 6.45) is 0.841. The number of ether oxygens (including phenoxy) is 5. The van der Waals surface area contributed by atoms with Crippen molar-refractivity contribution in [2.24, 2.45) is 0 Å². The molecule has 1 amide bonds. The smallest absolute Gasteiger partial charge is 0.220 e. The number of benzene rings is 2. The summed E-state index contributed by atoms with van der Waals surface area (Å²) in [4.78, 5) is 12.2. The van der Waals surface area contributed by atoms with Crippen molar-refractivity contribution in [3.63, 3.8) is 0 Å². The molecule has 0 fully saturated rings. The Morgan fingerprint density at radius 3 is 2.17 bits per heavy atom. The Labute approximate surface area is 176 Å². The second kappa shape index (κ2) is 11.4. The SMILES string of the molecule is COc1cc(C#N)ccc1OCCCC(=O)NCc1cc(OC)c(OC)c(OC)c1. The maximum Gasteiger partial charge on any atom is 0.220 e. The molecule has 0 aliphatic heterocycles. The van der Waals surface area contributed by atoms with Gasteiger partial charge in [0, 0.05) is 19.0 Å². The largest absolute Gasteiger partial charge is 0.493 e. The van der Waals surface area contributed by atoms with Gasteiger partial charge in [-0.05, 0) is 36.2 Å². The number of rotatable bonds is 11. The van der Waals surface area contributed by atoms with E-state index in [1.165, 1.54) is 14.2 Å². The van der Waals surface area contributed by atoms with Crippen molar-refractivity contribution >= 4 is 5.91 Å². The summed E-state index contributed by atoms with van der Waals surface area (Å²) >= 11 is 0. The molecule has 0 spiro atoms. The van der Waals surface area contributed by atoms with E-state index in [-0.39, 0.29) is 5.91 Å². The van der Waals surface area contributed by atoms with Gasteiger partial charge in [-0.1, -0.05) is 0 Å². The minimum absolute atomic E-state index is 0.0980. The summed E-state index contributed by atoms with van der Waals surface area (Å²) in [5.41, 5.74) is 1.32. The van der Waals surface area contributed by atoms with E-state index in [9.17, 15) is 4.79 Å². The number of nitriles is 1. The van der Waals surface area contributed by atoms with E-state index in [2.05, 4.69) is 5.32 Å². The quantitative estimate of drug-likeness (QED) is 0.564. The molecule has 8 heteroatoms. The predicted molar refractivity (Wildman–Crippen MR) is 110 cm³/mol. The molecule has 0 aliphatic rings. The zero-order chi connectivity index (χ0) is 21.9. The lowest BCUT2D eigenvalue weighted by Gasteiger charge is -2.14. The van der Waals surface area contributed by atoms with Gasteiger partial charge in [-0.3, -0.25) is 4.79 Å². The number of nitrogens with zero attached hydrogens (tertiary/aromatic N) is 1. The highest BCUT2D eigenvalue weighted by Gasteiger charge is 2.13. The van der Waals surface area contributed by atoms with Crippen LogP contribution in [0.15, 0.2) is 30.3 Å². The Kier molecular flexibility index (Phi) is 8.63. The topological polar surface area (TPSA) is 99.0 Å². The van der Waals surface area contributed by atoms with Crippen LogP contribution in [0.3, 0.4) is 0 Å². The van der Waals surface area contributed by atoms with Gasteiger partial charge in [-0.15, -0.1) is 0 Å². The number of nitrogens with one attached hydrogen (secondary N) is 1. The van der Waals surface area contributed by atoms with Crippen LogP contribution in [0.4, 0.5) is 0 Å². The Hall–Kier alpha value is -3.60. The normalized spacial score (nSPS) is 9.97. The fourth-order valence-electron chi connectivity index (χ4n) is 2.80. The van der Waals surface area contributed by atoms with Gasteiger partial charge in [0.05, 0.1) is 46.7 Å². The van der Waals surface area contributed by atoms with E-state index >= 15 is 0 Å². The van der Waals surface area contributed by atoms with Gasteiger partial charge in [0.1, 0.15) is 0 Å². The predicted octanol–water partition coefficient (Wildman–Crippen LogP) is 3.07. The van der Waals surface area contributed by atoms with Crippen LogP contribution in [0, 0.1) is 11.3 Å².